The Morgan fingerprint density at radius 3 is 2.37 bits per heavy atom. The maximum absolute atomic E-state index is 11.4. The van der Waals surface area contributed by atoms with Gasteiger partial charge in [0.25, 0.3) is 0 Å². The lowest BCUT2D eigenvalue weighted by Crippen LogP contribution is -1.96. The van der Waals surface area contributed by atoms with Crippen LogP contribution in [-0.4, -0.2) is 19.7 Å². The number of hydrogen-bond donors (Lipinski definition) is 1. The molecule has 1 aromatic heterocycles. The van der Waals surface area contributed by atoms with Crippen molar-refractivity contribution in [2.45, 2.75) is 21.7 Å². The molecule has 0 radical (unpaired) electrons. The predicted octanol–water partition coefficient (Wildman–Crippen LogP) is 2.53. The second-order valence-electron chi connectivity index (χ2n) is 4.19. The summed E-state index contributed by atoms with van der Waals surface area (Å²) in [5, 5.41) is 0.729. The van der Waals surface area contributed by atoms with Crippen LogP contribution >= 0.6 is 11.8 Å². The number of sulfone groups is 1. The van der Waals surface area contributed by atoms with Crippen LogP contribution in [0.4, 0.5) is 5.69 Å². The van der Waals surface area contributed by atoms with E-state index in [1.54, 1.807) is 30.5 Å². The zero-order valence-electron chi connectivity index (χ0n) is 10.6. The number of hydrogen-bond acceptors (Lipinski definition) is 5. The molecule has 0 saturated heterocycles. The third kappa shape index (κ3) is 3.27. The van der Waals surface area contributed by atoms with E-state index in [2.05, 4.69) is 4.98 Å². The Hall–Kier alpha value is -1.53. The molecule has 1 aromatic carbocycles. The third-order valence-corrected chi connectivity index (χ3v) is 4.79. The number of nitrogens with two attached hydrogens (primary N) is 1. The summed E-state index contributed by atoms with van der Waals surface area (Å²) in [4.78, 5) is 5.43. The van der Waals surface area contributed by atoms with Gasteiger partial charge < -0.3 is 5.73 Å². The van der Waals surface area contributed by atoms with Gasteiger partial charge in [0.2, 0.25) is 0 Å². The summed E-state index contributed by atoms with van der Waals surface area (Å²) in [6, 6.07) is 8.54. The van der Waals surface area contributed by atoms with Gasteiger partial charge >= 0.3 is 0 Å². The number of rotatable bonds is 3. The fourth-order valence-electron chi connectivity index (χ4n) is 1.49. The molecular formula is C13H14N2O2S2. The monoisotopic (exact) mass is 294 g/mol. The number of benzene rings is 1. The zero-order chi connectivity index (χ0) is 14.0. The average Bonchev–Trinajstić information content (AvgIpc) is 2.35. The van der Waals surface area contributed by atoms with Crippen LogP contribution in [0.5, 0.6) is 0 Å². The lowest BCUT2D eigenvalue weighted by molar-refractivity contribution is 0.602. The van der Waals surface area contributed by atoms with E-state index < -0.39 is 9.84 Å². The van der Waals surface area contributed by atoms with Gasteiger partial charge in [-0.1, -0.05) is 11.8 Å². The quantitative estimate of drug-likeness (QED) is 0.941. The minimum atomic E-state index is -3.16. The molecule has 0 saturated carbocycles. The highest BCUT2D eigenvalue weighted by Crippen LogP contribution is 2.31. The van der Waals surface area contributed by atoms with E-state index in [9.17, 15) is 8.42 Å². The average molecular weight is 294 g/mol. The summed E-state index contributed by atoms with van der Waals surface area (Å²) in [6.45, 7) is 1.92. The molecule has 2 N–H and O–H groups in total. The van der Waals surface area contributed by atoms with Crippen LogP contribution in [0.1, 0.15) is 5.56 Å². The number of aromatic nitrogens is 1. The van der Waals surface area contributed by atoms with Crippen molar-refractivity contribution < 1.29 is 8.42 Å². The molecule has 100 valence electrons. The van der Waals surface area contributed by atoms with Gasteiger partial charge in [0.05, 0.1) is 10.6 Å². The van der Waals surface area contributed by atoms with Gasteiger partial charge in [-0.2, -0.15) is 0 Å². The fourth-order valence-corrected chi connectivity index (χ4v) is 3.00. The summed E-state index contributed by atoms with van der Waals surface area (Å²) < 4.78 is 22.7. The van der Waals surface area contributed by atoms with Crippen molar-refractivity contribution in [3.8, 4) is 0 Å². The molecule has 2 aromatic rings. The van der Waals surface area contributed by atoms with Gasteiger partial charge in [-0.05, 0) is 42.8 Å². The molecule has 0 fully saturated rings. The number of nitrogens with zero attached hydrogens (tertiary/aromatic N) is 1. The van der Waals surface area contributed by atoms with Crippen molar-refractivity contribution in [3.05, 3.63) is 42.1 Å². The summed E-state index contributed by atoms with van der Waals surface area (Å²) >= 11 is 1.42. The van der Waals surface area contributed by atoms with Gasteiger partial charge in [0.15, 0.2) is 9.84 Å². The van der Waals surface area contributed by atoms with Crippen LogP contribution < -0.4 is 5.73 Å². The highest BCUT2D eigenvalue weighted by Gasteiger charge is 2.08. The van der Waals surface area contributed by atoms with Gasteiger partial charge in [-0.15, -0.1) is 0 Å². The molecule has 0 bridgehead atoms. The van der Waals surface area contributed by atoms with Gasteiger partial charge in [-0.25, -0.2) is 13.4 Å². The predicted molar refractivity (Wildman–Crippen MR) is 77.1 cm³/mol. The number of nitrogen functional groups attached to an aromatic ring is 1. The van der Waals surface area contributed by atoms with Crippen molar-refractivity contribution in [3.63, 3.8) is 0 Å². The smallest absolute Gasteiger partial charge is 0.175 e. The van der Waals surface area contributed by atoms with Crippen LogP contribution in [0.15, 0.2) is 51.3 Å². The Balaban J connectivity index is 2.27. The molecule has 19 heavy (non-hydrogen) atoms. The maximum atomic E-state index is 11.4. The Labute approximate surface area is 117 Å². The number of pyridine rings is 1. The Bertz CT molecular complexity index is 695. The highest BCUT2D eigenvalue weighted by molar-refractivity contribution is 7.99. The second kappa shape index (κ2) is 5.22. The third-order valence-electron chi connectivity index (χ3n) is 2.64. The fraction of sp³-hybridized carbons (Fsp3) is 0.154. The summed E-state index contributed by atoms with van der Waals surface area (Å²) in [5.74, 6) is 0. The lowest BCUT2D eigenvalue weighted by atomic mass is 10.3. The van der Waals surface area contributed by atoms with Crippen molar-refractivity contribution in [1.82, 2.24) is 4.98 Å². The zero-order valence-corrected chi connectivity index (χ0v) is 12.3. The lowest BCUT2D eigenvalue weighted by Gasteiger charge is -2.07. The van der Waals surface area contributed by atoms with Crippen LogP contribution in [-0.2, 0) is 9.84 Å². The molecule has 0 amide bonds. The normalized spacial score (nSPS) is 11.5. The standard InChI is InChI=1S/C13H14N2O2S2/c1-9-7-8-15-13(12(9)14)18-10-3-5-11(6-4-10)19(2,16)17/h3-8H,14H2,1-2H3. The van der Waals surface area contributed by atoms with E-state index in [1.165, 1.54) is 18.0 Å². The van der Waals surface area contributed by atoms with E-state index >= 15 is 0 Å². The molecule has 2 rings (SSSR count). The molecule has 1 heterocycles. The minimum absolute atomic E-state index is 0.307. The molecule has 0 aliphatic rings. The van der Waals surface area contributed by atoms with E-state index in [4.69, 9.17) is 5.73 Å². The molecule has 4 nitrogen and oxygen atoms in total. The van der Waals surface area contributed by atoms with Crippen LogP contribution in [0.25, 0.3) is 0 Å². The first-order valence-electron chi connectivity index (χ1n) is 5.57. The van der Waals surface area contributed by atoms with Crippen molar-refractivity contribution in [2.24, 2.45) is 0 Å². The van der Waals surface area contributed by atoms with E-state index in [0.717, 1.165) is 15.5 Å². The van der Waals surface area contributed by atoms with Gasteiger partial charge in [0, 0.05) is 17.3 Å². The first kappa shape index (κ1) is 13.9. The molecule has 0 aliphatic carbocycles. The Morgan fingerprint density at radius 2 is 1.79 bits per heavy atom. The highest BCUT2D eigenvalue weighted by atomic mass is 32.2. The summed E-state index contributed by atoms with van der Waals surface area (Å²) in [6.07, 6.45) is 2.90. The topological polar surface area (TPSA) is 73.0 Å². The first-order chi connectivity index (χ1) is 8.88. The summed E-state index contributed by atoms with van der Waals surface area (Å²) in [5.41, 5.74) is 7.58. The number of anilines is 1. The number of aryl methyl sites for hydroxylation is 1. The molecule has 0 aliphatic heterocycles. The maximum Gasteiger partial charge on any atom is 0.175 e. The first-order valence-corrected chi connectivity index (χ1v) is 8.28. The van der Waals surface area contributed by atoms with E-state index in [0.29, 0.717) is 10.6 Å². The van der Waals surface area contributed by atoms with Crippen LogP contribution in [0, 0.1) is 6.92 Å². The molecule has 0 atom stereocenters. The summed E-state index contributed by atoms with van der Waals surface area (Å²) in [7, 11) is -3.16. The second-order valence-corrected chi connectivity index (χ2v) is 7.27. The largest absolute Gasteiger partial charge is 0.396 e. The minimum Gasteiger partial charge on any atom is -0.396 e. The van der Waals surface area contributed by atoms with Crippen LogP contribution in [0.2, 0.25) is 0 Å². The van der Waals surface area contributed by atoms with Gasteiger partial charge in [0.1, 0.15) is 5.03 Å². The van der Waals surface area contributed by atoms with Crippen molar-refractivity contribution >= 4 is 27.3 Å². The van der Waals surface area contributed by atoms with Crippen LogP contribution in [0.3, 0.4) is 0 Å². The molecule has 6 heteroatoms. The SMILES string of the molecule is Cc1ccnc(Sc2ccc(S(C)(=O)=O)cc2)c1N. The van der Waals surface area contributed by atoms with Gasteiger partial charge in [-0.3, -0.25) is 0 Å². The van der Waals surface area contributed by atoms with E-state index in [-0.39, 0.29) is 0 Å². The van der Waals surface area contributed by atoms with Crippen molar-refractivity contribution in [2.75, 3.05) is 12.0 Å². The Kier molecular flexibility index (Phi) is 3.82. The molecule has 0 spiro atoms. The molecular weight excluding hydrogens is 280 g/mol. The van der Waals surface area contributed by atoms with Crippen molar-refractivity contribution in [1.29, 1.82) is 0 Å². The Morgan fingerprint density at radius 1 is 1.16 bits per heavy atom. The van der Waals surface area contributed by atoms with E-state index in [1.807, 2.05) is 13.0 Å². The molecule has 0 unspecified atom stereocenters.